The first-order valence-corrected chi connectivity index (χ1v) is 5.74. The van der Waals surface area contributed by atoms with Gasteiger partial charge in [-0.15, -0.1) is 0 Å². The molecule has 0 aliphatic rings. The topological polar surface area (TPSA) is 3.24 Å². The van der Waals surface area contributed by atoms with Crippen LogP contribution in [0.2, 0.25) is 0 Å². The summed E-state index contributed by atoms with van der Waals surface area (Å²) in [5.74, 6) is 0. The molecule has 0 N–H and O–H groups in total. The molecule has 0 spiro atoms. The zero-order chi connectivity index (χ0) is 12.9. The van der Waals surface area contributed by atoms with E-state index < -0.39 is 12.7 Å². The first-order chi connectivity index (χ1) is 7.90. The third-order valence-corrected chi connectivity index (χ3v) is 2.46. The van der Waals surface area contributed by atoms with Crippen molar-refractivity contribution in [2.75, 3.05) is 13.6 Å². The molecule has 0 atom stereocenters. The first kappa shape index (κ1) is 14.0. The molecule has 1 rings (SSSR count). The summed E-state index contributed by atoms with van der Waals surface area (Å²) < 4.78 is 36.4. The van der Waals surface area contributed by atoms with E-state index in [1.165, 1.54) is 17.5 Å². The molecule has 96 valence electrons. The Hall–Kier alpha value is -1.03. The number of hydrogen-bond donors (Lipinski definition) is 0. The summed E-state index contributed by atoms with van der Waals surface area (Å²) in [6.45, 7) is 1.56. The number of benzene rings is 1. The molecule has 1 aromatic rings. The van der Waals surface area contributed by atoms with Crippen LogP contribution in [0.15, 0.2) is 24.3 Å². The smallest absolute Gasteiger partial charge is 0.294 e. The maximum absolute atomic E-state index is 12.1. The molecular weight excluding hydrogens is 227 g/mol. The van der Waals surface area contributed by atoms with Crippen LogP contribution < -0.4 is 0 Å². The second-order valence-electron chi connectivity index (χ2n) is 4.35. The van der Waals surface area contributed by atoms with E-state index >= 15 is 0 Å². The second kappa shape index (κ2) is 6.05. The Bertz CT molecular complexity index is 330. The number of halogens is 3. The average Bonchev–Trinajstić information content (AvgIpc) is 2.18. The molecule has 1 aromatic carbocycles. The van der Waals surface area contributed by atoms with E-state index in [1.807, 2.05) is 24.3 Å². The van der Waals surface area contributed by atoms with Crippen molar-refractivity contribution in [3.63, 3.8) is 0 Å². The highest BCUT2D eigenvalue weighted by molar-refractivity contribution is 5.22. The van der Waals surface area contributed by atoms with Gasteiger partial charge in [0.2, 0.25) is 0 Å². The lowest BCUT2D eigenvalue weighted by atomic mass is 10.1. The third kappa shape index (κ3) is 5.73. The van der Waals surface area contributed by atoms with Crippen molar-refractivity contribution in [1.29, 1.82) is 0 Å². The van der Waals surface area contributed by atoms with Gasteiger partial charge < -0.3 is 0 Å². The Morgan fingerprint density at radius 3 is 2.06 bits per heavy atom. The van der Waals surface area contributed by atoms with Gasteiger partial charge in [-0.2, -0.15) is 13.2 Å². The highest BCUT2D eigenvalue weighted by atomic mass is 19.4. The maximum Gasteiger partial charge on any atom is 0.401 e. The van der Waals surface area contributed by atoms with E-state index in [2.05, 4.69) is 6.92 Å². The standard InChI is InChI=1S/C13H18F3N/c1-3-4-11-5-7-12(8-6-11)9-17(2)10-13(14,15)16/h5-8H,3-4,9-10H2,1-2H3. The van der Waals surface area contributed by atoms with Crippen molar-refractivity contribution in [1.82, 2.24) is 4.90 Å². The summed E-state index contributed by atoms with van der Waals surface area (Å²) in [6, 6.07) is 7.77. The van der Waals surface area contributed by atoms with Crippen molar-refractivity contribution in [3.05, 3.63) is 35.4 Å². The molecule has 0 unspecified atom stereocenters. The summed E-state index contributed by atoms with van der Waals surface area (Å²) in [6.07, 6.45) is -2.04. The average molecular weight is 245 g/mol. The summed E-state index contributed by atoms with van der Waals surface area (Å²) in [5, 5.41) is 0. The Balaban J connectivity index is 2.51. The second-order valence-corrected chi connectivity index (χ2v) is 4.35. The molecule has 0 aromatic heterocycles. The molecular formula is C13H18F3N. The van der Waals surface area contributed by atoms with Crippen LogP contribution in [0, 0.1) is 0 Å². The maximum atomic E-state index is 12.1. The van der Waals surface area contributed by atoms with E-state index in [9.17, 15) is 13.2 Å². The molecule has 0 heterocycles. The minimum Gasteiger partial charge on any atom is -0.294 e. The van der Waals surface area contributed by atoms with E-state index in [1.54, 1.807) is 0 Å². The Morgan fingerprint density at radius 1 is 1.06 bits per heavy atom. The number of hydrogen-bond acceptors (Lipinski definition) is 1. The highest BCUT2D eigenvalue weighted by Crippen LogP contribution is 2.17. The largest absolute Gasteiger partial charge is 0.401 e. The molecule has 0 radical (unpaired) electrons. The minimum atomic E-state index is -4.13. The minimum absolute atomic E-state index is 0.325. The van der Waals surface area contributed by atoms with Gasteiger partial charge in [-0.05, 0) is 24.6 Å². The van der Waals surface area contributed by atoms with Crippen LogP contribution in [-0.2, 0) is 13.0 Å². The van der Waals surface area contributed by atoms with Crippen LogP contribution in [0.4, 0.5) is 13.2 Å². The Labute approximate surface area is 100 Å². The molecule has 1 nitrogen and oxygen atoms in total. The van der Waals surface area contributed by atoms with Crippen LogP contribution in [0.25, 0.3) is 0 Å². The lowest BCUT2D eigenvalue weighted by molar-refractivity contribution is -0.144. The van der Waals surface area contributed by atoms with Gasteiger partial charge in [-0.1, -0.05) is 37.6 Å². The molecule has 0 saturated heterocycles. The van der Waals surface area contributed by atoms with E-state index in [-0.39, 0.29) is 0 Å². The van der Waals surface area contributed by atoms with Crippen molar-refractivity contribution >= 4 is 0 Å². The first-order valence-electron chi connectivity index (χ1n) is 5.74. The Kier molecular flexibility index (Phi) is 5.00. The van der Waals surface area contributed by atoms with Crippen LogP contribution in [-0.4, -0.2) is 24.7 Å². The fraction of sp³-hybridized carbons (Fsp3) is 0.538. The summed E-state index contributed by atoms with van der Waals surface area (Å²) in [4.78, 5) is 1.27. The predicted octanol–water partition coefficient (Wildman–Crippen LogP) is 3.63. The fourth-order valence-electron chi connectivity index (χ4n) is 1.77. The summed E-state index contributed by atoms with van der Waals surface area (Å²) in [5.41, 5.74) is 2.14. The molecule has 0 bridgehead atoms. The Morgan fingerprint density at radius 2 is 1.59 bits per heavy atom. The van der Waals surface area contributed by atoms with Gasteiger partial charge in [-0.3, -0.25) is 4.90 Å². The van der Waals surface area contributed by atoms with Crippen LogP contribution in [0.1, 0.15) is 24.5 Å². The molecule has 0 saturated carbocycles. The van der Waals surface area contributed by atoms with Gasteiger partial charge in [0.15, 0.2) is 0 Å². The molecule has 17 heavy (non-hydrogen) atoms. The third-order valence-electron chi connectivity index (χ3n) is 2.46. The monoisotopic (exact) mass is 245 g/mol. The van der Waals surface area contributed by atoms with E-state index in [4.69, 9.17) is 0 Å². The van der Waals surface area contributed by atoms with Gasteiger partial charge in [0, 0.05) is 6.54 Å². The van der Waals surface area contributed by atoms with Crippen LogP contribution in [0.3, 0.4) is 0 Å². The van der Waals surface area contributed by atoms with Crippen LogP contribution >= 0.6 is 0 Å². The number of aryl methyl sites for hydroxylation is 1. The fourth-order valence-corrected chi connectivity index (χ4v) is 1.77. The van der Waals surface area contributed by atoms with Gasteiger partial charge in [0.25, 0.3) is 0 Å². The van der Waals surface area contributed by atoms with Gasteiger partial charge in [0.1, 0.15) is 0 Å². The number of nitrogens with zero attached hydrogens (tertiary/aromatic N) is 1. The number of alkyl halides is 3. The van der Waals surface area contributed by atoms with Gasteiger partial charge in [-0.25, -0.2) is 0 Å². The van der Waals surface area contributed by atoms with E-state index in [0.29, 0.717) is 6.54 Å². The quantitative estimate of drug-likeness (QED) is 0.765. The highest BCUT2D eigenvalue weighted by Gasteiger charge is 2.28. The summed E-state index contributed by atoms with van der Waals surface area (Å²) >= 11 is 0. The summed E-state index contributed by atoms with van der Waals surface area (Å²) in [7, 11) is 1.48. The zero-order valence-electron chi connectivity index (χ0n) is 10.2. The van der Waals surface area contributed by atoms with Crippen molar-refractivity contribution in [3.8, 4) is 0 Å². The molecule has 4 heteroatoms. The van der Waals surface area contributed by atoms with Gasteiger partial charge in [0.05, 0.1) is 6.54 Å². The molecule has 0 aliphatic heterocycles. The van der Waals surface area contributed by atoms with Gasteiger partial charge >= 0.3 is 6.18 Å². The molecule has 0 fully saturated rings. The van der Waals surface area contributed by atoms with Crippen molar-refractivity contribution < 1.29 is 13.2 Å². The molecule has 0 amide bonds. The van der Waals surface area contributed by atoms with Crippen molar-refractivity contribution in [2.45, 2.75) is 32.5 Å². The van der Waals surface area contributed by atoms with Crippen LogP contribution in [0.5, 0.6) is 0 Å². The number of rotatable bonds is 5. The zero-order valence-corrected chi connectivity index (χ0v) is 10.2. The van der Waals surface area contributed by atoms with E-state index in [0.717, 1.165) is 18.4 Å². The lowest BCUT2D eigenvalue weighted by Crippen LogP contribution is -2.30. The SMILES string of the molecule is CCCc1ccc(CN(C)CC(F)(F)F)cc1. The molecule has 0 aliphatic carbocycles. The normalized spacial score (nSPS) is 12.1. The predicted molar refractivity (Wildman–Crippen MR) is 62.8 cm³/mol. The lowest BCUT2D eigenvalue weighted by Gasteiger charge is -2.18. The van der Waals surface area contributed by atoms with Crippen molar-refractivity contribution in [2.24, 2.45) is 0 Å².